The molecule has 0 radical (unpaired) electrons. The first-order valence-electron chi connectivity index (χ1n) is 4.50. The summed E-state index contributed by atoms with van der Waals surface area (Å²) in [5.41, 5.74) is 1.27. The molecule has 0 saturated carbocycles. The van der Waals surface area contributed by atoms with E-state index in [4.69, 9.17) is 0 Å². The lowest BCUT2D eigenvalue weighted by molar-refractivity contribution is 0.190. The number of piperazine rings is 1. The summed E-state index contributed by atoms with van der Waals surface area (Å²) >= 11 is 0. The van der Waals surface area contributed by atoms with E-state index >= 15 is 0 Å². The van der Waals surface area contributed by atoms with Gasteiger partial charge >= 0.3 is 0 Å². The van der Waals surface area contributed by atoms with Crippen molar-refractivity contribution >= 4 is 0 Å². The number of rotatable bonds is 2. The third kappa shape index (κ3) is 2.11. The van der Waals surface area contributed by atoms with Gasteiger partial charge in [0.05, 0.1) is 0 Å². The Morgan fingerprint density at radius 1 is 1.25 bits per heavy atom. The van der Waals surface area contributed by atoms with Crippen molar-refractivity contribution < 1.29 is 0 Å². The summed E-state index contributed by atoms with van der Waals surface area (Å²) in [7, 11) is 2.17. The summed E-state index contributed by atoms with van der Waals surface area (Å²) in [4.78, 5) is 4.74. The van der Waals surface area contributed by atoms with Crippen LogP contribution in [0.2, 0.25) is 0 Å². The molecule has 0 aromatic rings. The van der Waals surface area contributed by atoms with Crippen LogP contribution in [0.5, 0.6) is 0 Å². The van der Waals surface area contributed by atoms with Crippen LogP contribution < -0.4 is 0 Å². The first-order valence-corrected chi connectivity index (χ1v) is 4.50. The topological polar surface area (TPSA) is 6.48 Å². The van der Waals surface area contributed by atoms with Crippen LogP contribution in [0.25, 0.3) is 0 Å². The van der Waals surface area contributed by atoms with Gasteiger partial charge in [-0.15, -0.1) is 0 Å². The molecule has 0 spiro atoms. The molecule has 2 nitrogen and oxygen atoms in total. The van der Waals surface area contributed by atoms with E-state index in [0.717, 1.165) is 26.2 Å². The van der Waals surface area contributed by atoms with E-state index in [1.54, 1.807) is 0 Å². The molecule has 1 aliphatic heterocycles. The summed E-state index contributed by atoms with van der Waals surface area (Å²) in [6, 6.07) is 0. The minimum atomic E-state index is 1.13. The van der Waals surface area contributed by atoms with Gasteiger partial charge in [-0.05, 0) is 20.0 Å². The molecule has 0 aromatic heterocycles. The second-order valence-electron chi connectivity index (χ2n) is 3.21. The van der Waals surface area contributed by atoms with E-state index in [2.05, 4.69) is 36.4 Å². The third-order valence-corrected chi connectivity index (χ3v) is 2.37. The van der Waals surface area contributed by atoms with Gasteiger partial charge in [0.25, 0.3) is 0 Å². The fourth-order valence-electron chi connectivity index (χ4n) is 1.49. The largest absolute Gasteiger partial charge is 0.369 e. The molecular weight excluding hydrogens is 148 g/mol. The van der Waals surface area contributed by atoms with Gasteiger partial charge in [-0.1, -0.05) is 12.7 Å². The van der Waals surface area contributed by atoms with Gasteiger partial charge in [-0.3, -0.25) is 0 Å². The summed E-state index contributed by atoms with van der Waals surface area (Å²) in [5.74, 6) is 0. The highest BCUT2D eigenvalue weighted by atomic mass is 15.2. The third-order valence-electron chi connectivity index (χ3n) is 2.37. The highest BCUT2D eigenvalue weighted by molar-refractivity contribution is 5.14. The Morgan fingerprint density at radius 2 is 1.83 bits per heavy atom. The molecule has 1 rings (SSSR count). The Kier molecular flexibility index (Phi) is 3.35. The highest BCUT2D eigenvalue weighted by Gasteiger charge is 2.13. The highest BCUT2D eigenvalue weighted by Crippen LogP contribution is 2.08. The fraction of sp³-hybridized carbons (Fsp3) is 0.600. The number of hydrogen-bond donors (Lipinski definition) is 0. The van der Waals surface area contributed by atoms with Crippen LogP contribution in [0.1, 0.15) is 6.92 Å². The number of hydrogen-bond acceptors (Lipinski definition) is 2. The molecule has 2 heteroatoms. The van der Waals surface area contributed by atoms with Crippen molar-refractivity contribution in [2.75, 3.05) is 33.2 Å². The van der Waals surface area contributed by atoms with Gasteiger partial charge < -0.3 is 9.80 Å². The molecule has 1 heterocycles. The number of likely N-dealkylation sites (N-methyl/N-ethyl adjacent to an activating group) is 1. The fourth-order valence-corrected chi connectivity index (χ4v) is 1.49. The molecule has 1 aliphatic rings. The summed E-state index contributed by atoms with van der Waals surface area (Å²) in [5, 5.41) is 0. The normalized spacial score (nSPS) is 21.2. The molecule has 0 unspecified atom stereocenters. The van der Waals surface area contributed by atoms with E-state index in [0.29, 0.717) is 0 Å². The van der Waals surface area contributed by atoms with E-state index in [1.807, 2.05) is 6.08 Å². The zero-order valence-electron chi connectivity index (χ0n) is 8.08. The van der Waals surface area contributed by atoms with Gasteiger partial charge in [0, 0.05) is 31.9 Å². The predicted octanol–water partition coefficient (Wildman–Crippen LogP) is 1.32. The van der Waals surface area contributed by atoms with Crippen LogP contribution >= 0.6 is 0 Å². The standard InChI is InChI=1S/C10H18N2/c1-4-10(5-2)12-8-6-11(3)7-9-12/h4-5H,1,6-9H2,2-3H3/b10-5+. The van der Waals surface area contributed by atoms with Crippen LogP contribution in [0.4, 0.5) is 0 Å². The average molecular weight is 166 g/mol. The van der Waals surface area contributed by atoms with Crippen LogP contribution in [-0.4, -0.2) is 43.0 Å². The lowest BCUT2D eigenvalue weighted by Gasteiger charge is -2.34. The molecule has 0 bridgehead atoms. The minimum absolute atomic E-state index is 1.13. The Hall–Kier alpha value is -0.760. The van der Waals surface area contributed by atoms with Crippen molar-refractivity contribution in [3.63, 3.8) is 0 Å². The molecule has 0 amide bonds. The molecule has 0 atom stereocenters. The number of nitrogens with zero attached hydrogens (tertiary/aromatic N) is 2. The van der Waals surface area contributed by atoms with Crippen molar-refractivity contribution in [3.8, 4) is 0 Å². The van der Waals surface area contributed by atoms with Crippen molar-refractivity contribution in [3.05, 3.63) is 24.4 Å². The van der Waals surface area contributed by atoms with Crippen molar-refractivity contribution in [2.24, 2.45) is 0 Å². The Bertz CT molecular complexity index is 176. The van der Waals surface area contributed by atoms with Crippen molar-refractivity contribution in [2.45, 2.75) is 6.92 Å². The maximum Gasteiger partial charge on any atom is 0.0317 e. The van der Waals surface area contributed by atoms with Crippen molar-refractivity contribution in [1.29, 1.82) is 0 Å². The Balaban J connectivity index is 2.48. The Labute approximate surface area is 75.2 Å². The van der Waals surface area contributed by atoms with Crippen LogP contribution in [0.3, 0.4) is 0 Å². The van der Waals surface area contributed by atoms with Crippen LogP contribution in [-0.2, 0) is 0 Å². The average Bonchev–Trinajstić information content (AvgIpc) is 2.10. The smallest absolute Gasteiger partial charge is 0.0317 e. The summed E-state index contributed by atoms with van der Waals surface area (Å²) in [6.07, 6.45) is 4.06. The zero-order chi connectivity index (χ0) is 8.97. The Morgan fingerprint density at radius 3 is 2.25 bits per heavy atom. The van der Waals surface area contributed by atoms with Gasteiger partial charge in [0.15, 0.2) is 0 Å². The molecular formula is C10H18N2. The summed E-state index contributed by atoms with van der Waals surface area (Å²) < 4.78 is 0. The lowest BCUT2D eigenvalue weighted by atomic mass is 10.2. The first kappa shape index (κ1) is 9.33. The quantitative estimate of drug-likeness (QED) is 0.571. The SMILES string of the molecule is C=C/C(=C\C)N1CCN(C)CC1. The van der Waals surface area contributed by atoms with Crippen LogP contribution in [0, 0.1) is 0 Å². The zero-order valence-corrected chi connectivity index (χ0v) is 8.08. The number of allylic oxidation sites excluding steroid dienone is 2. The summed E-state index contributed by atoms with van der Waals surface area (Å²) in [6.45, 7) is 10.4. The van der Waals surface area contributed by atoms with Gasteiger partial charge in [-0.2, -0.15) is 0 Å². The monoisotopic (exact) mass is 166 g/mol. The maximum atomic E-state index is 3.80. The first-order chi connectivity index (χ1) is 5.77. The van der Waals surface area contributed by atoms with Gasteiger partial charge in [0.2, 0.25) is 0 Å². The second-order valence-corrected chi connectivity index (χ2v) is 3.21. The molecule has 68 valence electrons. The molecule has 0 aromatic carbocycles. The maximum absolute atomic E-state index is 3.80. The molecule has 1 saturated heterocycles. The van der Waals surface area contributed by atoms with Crippen molar-refractivity contribution in [1.82, 2.24) is 9.80 Å². The van der Waals surface area contributed by atoms with Crippen LogP contribution in [0.15, 0.2) is 24.4 Å². The molecule has 12 heavy (non-hydrogen) atoms. The molecule has 1 fully saturated rings. The van der Waals surface area contributed by atoms with E-state index in [1.165, 1.54) is 5.70 Å². The molecule has 0 aliphatic carbocycles. The lowest BCUT2D eigenvalue weighted by Crippen LogP contribution is -2.43. The van der Waals surface area contributed by atoms with E-state index < -0.39 is 0 Å². The second kappa shape index (κ2) is 4.31. The minimum Gasteiger partial charge on any atom is -0.369 e. The van der Waals surface area contributed by atoms with E-state index in [-0.39, 0.29) is 0 Å². The van der Waals surface area contributed by atoms with E-state index in [9.17, 15) is 0 Å². The van der Waals surface area contributed by atoms with Gasteiger partial charge in [-0.25, -0.2) is 0 Å². The molecule has 0 N–H and O–H groups in total. The predicted molar refractivity (Wildman–Crippen MR) is 53.0 cm³/mol. The van der Waals surface area contributed by atoms with Gasteiger partial charge in [0.1, 0.15) is 0 Å².